The molecule has 0 aliphatic heterocycles. The van der Waals surface area contributed by atoms with Crippen molar-refractivity contribution in [2.75, 3.05) is 5.32 Å². The van der Waals surface area contributed by atoms with Crippen molar-refractivity contribution in [2.24, 2.45) is 0 Å². The third kappa shape index (κ3) is 3.58. The van der Waals surface area contributed by atoms with Crippen molar-refractivity contribution in [2.45, 2.75) is 64.3 Å². The molecule has 1 fully saturated rings. The molecule has 4 heteroatoms. The molecule has 3 nitrogen and oxygen atoms in total. The summed E-state index contributed by atoms with van der Waals surface area (Å²) in [5.41, 5.74) is 0. The lowest BCUT2D eigenvalue weighted by Crippen LogP contribution is -2.16. The van der Waals surface area contributed by atoms with E-state index in [0.717, 1.165) is 18.1 Å². The second-order valence-electron chi connectivity index (χ2n) is 5.22. The van der Waals surface area contributed by atoms with E-state index in [4.69, 9.17) is 11.6 Å². The van der Waals surface area contributed by atoms with E-state index < -0.39 is 0 Å². The predicted octanol–water partition coefficient (Wildman–Crippen LogP) is 4.39. The van der Waals surface area contributed by atoms with Gasteiger partial charge in [0.2, 0.25) is 0 Å². The second kappa shape index (κ2) is 6.37. The molecule has 0 spiro atoms. The minimum absolute atomic E-state index is 0.412. The highest BCUT2D eigenvalue weighted by Gasteiger charge is 2.19. The molecular formula is C14H22ClN3. The summed E-state index contributed by atoms with van der Waals surface area (Å²) in [5, 5.41) is 3.93. The van der Waals surface area contributed by atoms with Gasteiger partial charge < -0.3 is 5.32 Å². The Balaban J connectivity index is 2.14. The van der Waals surface area contributed by atoms with Crippen LogP contribution in [0.1, 0.15) is 64.1 Å². The molecule has 2 rings (SSSR count). The zero-order chi connectivity index (χ0) is 13.0. The Hall–Kier alpha value is -0.830. The maximum atomic E-state index is 6.10. The van der Waals surface area contributed by atoms with Crippen molar-refractivity contribution in [1.82, 2.24) is 9.97 Å². The molecular weight excluding hydrogens is 246 g/mol. The zero-order valence-electron chi connectivity index (χ0n) is 11.2. The van der Waals surface area contributed by atoms with E-state index in [0.29, 0.717) is 17.1 Å². The van der Waals surface area contributed by atoms with Crippen LogP contribution in [0.4, 0.5) is 5.82 Å². The van der Waals surface area contributed by atoms with E-state index in [1.165, 1.54) is 32.1 Å². The Bertz CT molecular complexity index is 389. The quantitative estimate of drug-likeness (QED) is 0.823. The van der Waals surface area contributed by atoms with E-state index in [9.17, 15) is 0 Å². The highest BCUT2D eigenvalue weighted by Crippen LogP contribution is 2.31. The van der Waals surface area contributed by atoms with Crippen LogP contribution in [0, 0.1) is 0 Å². The van der Waals surface area contributed by atoms with Crippen LogP contribution in [-0.2, 0) is 0 Å². The zero-order valence-corrected chi connectivity index (χ0v) is 12.0. The fraction of sp³-hybridized carbons (Fsp3) is 0.714. The van der Waals surface area contributed by atoms with Gasteiger partial charge in [0.05, 0.1) is 0 Å². The fourth-order valence-electron chi connectivity index (χ4n) is 2.41. The average Bonchev–Trinajstić information content (AvgIpc) is 2.39. The molecule has 0 saturated heterocycles. The first-order valence-electron chi connectivity index (χ1n) is 7.00. The Morgan fingerprint density at radius 2 is 2.06 bits per heavy atom. The van der Waals surface area contributed by atoms with Gasteiger partial charge in [0, 0.05) is 18.0 Å². The highest BCUT2D eigenvalue weighted by molar-refractivity contribution is 6.29. The molecule has 18 heavy (non-hydrogen) atoms. The molecule has 1 aliphatic rings. The first-order valence-corrected chi connectivity index (χ1v) is 7.38. The summed E-state index contributed by atoms with van der Waals surface area (Å²) in [6.07, 6.45) is 7.38. The standard InChI is InChI=1S/C14H22ClN3/c1-3-10(2)16-13-9-12(15)17-14(18-13)11-7-5-4-6-8-11/h9-11H,3-8H2,1-2H3,(H,16,17,18). The van der Waals surface area contributed by atoms with Gasteiger partial charge >= 0.3 is 0 Å². The molecule has 1 N–H and O–H groups in total. The van der Waals surface area contributed by atoms with Crippen LogP contribution < -0.4 is 5.32 Å². The monoisotopic (exact) mass is 267 g/mol. The van der Waals surface area contributed by atoms with Gasteiger partial charge in [-0.2, -0.15) is 0 Å². The molecule has 1 unspecified atom stereocenters. The van der Waals surface area contributed by atoms with Crippen molar-refractivity contribution < 1.29 is 0 Å². The number of hydrogen-bond acceptors (Lipinski definition) is 3. The summed E-state index contributed by atoms with van der Waals surface area (Å²) in [6.45, 7) is 4.30. The average molecular weight is 268 g/mol. The summed E-state index contributed by atoms with van der Waals surface area (Å²) in [5.74, 6) is 2.29. The van der Waals surface area contributed by atoms with Crippen LogP contribution in [0.5, 0.6) is 0 Å². The van der Waals surface area contributed by atoms with E-state index in [1.807, 2.05) is 6.07 Å². The van der Waals surface area contributed by atoms with E-state index in [2.05, 4.69) is 29.1 Å². The minimum Gasteiger partial charge on any atom is -0.367 e. The summed E-state index contributed by atoms with van der Waals surface area (Å²) in [4.78, 5) is 9.04. The van der Waals surface area contributed by atoms with Crippen LogP contribution in [0.2, 0.25) is 5.15 Å². The molecule has 1 atom stereocenters. The van der Waals surface area contributed by atoms with Crippen LogP contribution in [-0.4, -0.2) is 16.0 Å². The van der Waals surface area contributed by atoms with Crippen molar-refractivity contribution in [3.05, 3.63) is 17.0 Å². The van der Waals surface area contributed by atoms with Crippen LogP contribution in [0.25, 0.3) is 0 Å². The van der Waals surface area contributed by atoms with Gasteiger partial charge in [-0.1, -0.05) is 37.8 Å². The van der Waals surface area contributed by atoms with Crippen molar-refractivity contribution in [1.29, 1.82) is 0 Å². The van der Waals surface area contributed by atoms with E-state index >= 15 is 0 Å². The van der Waals surface area contributed by atoms with Gasteiger partial charge in [-0.05, 0) is 26.2 Å². The van der Waals surface area contributed by atoms with Crippen molar-refractivity contribution in [3.8, 4) is 0 Å². The van der Waals surface area contributed by atoms with E-state index in [1.54, 1.807) is 0 Å². The van der Waals surface area contributed by atoms with Crippen molar-refractivity contribution >= 4 is 17.4 Å². The number of anilines is 1. The van der Waals surface area contributed by atoms with Gasteiger partial charge in [0.1, 0.15) is 16.8 Å². The smallest absolute Gasteiger partial charge is 0.135 e. The number of aromatic nitrogens is 2. The molecule has 1 saturated carbocycles. The SMILES string of the molecule is CCC(C)Nc1cc(Cl)nc(C2CCCCC2)n1. The Kier molecular flexibility index (Phi) is 4.81. The molecule has 0 amide bonds. The number of nitrogens with one attached hydrogen (secondary N) is 1. The molecule has 0 bridgehead atoms. The van der Waals surface area contributed by atoms with Gasteiger partial charge in [0.15, 0.2) is 0 Å². The van der Waals surface area contributed by atoms with E-state index in [-0.39, 0.29) is 0 Å². The highest BCUT2D eigenvalue weighted by atomic mass is 35.5. The summed E-state index contributed by atoms with van der Waals surface area (Å²) in [6, 6.07) is 2.23. The summed E-state index contributed by atoms with van der Waals surface area (Å²) in [7, 11) is 0. The third-order valence-electron chi connectivity index (χ3n) is 3.69. The van der Waals surface area contributed by atoms with Crippen molar-refractivity contribution in [3.63, 3.8) is 0 Å². The number of hydrogen-bond donors (Lipinski definition) is 1. The molecule has 1 aromatic heterocycles. The Morgan fingerprint density at radius 3 is 2.72 bits per heavy atom. The second-order valence-corrected chi connectivity index (χ2v) is 5.61. The first kappa shape index (κ1) is 13.6. The lowest BCUT2D eigenvalue weighted by molar-refractivity contribution is 0.429. The molecule has 0 radical (unpaired) electrons. The maximum Gasteiger partial charge on any atom is 0.135 e. The normalized spacial score (nSPS) is 18.6. The molecule has 1 heterocycles. The fourth-order valence-corrected chi connectivity index (χ4v) is 2.60. The van der Waals surface area contributed by atoms with Gasteiger partial charge in [0.25, 0.3) is 0 Å². The predicted molar refractivity (Wildman–Crippen MR) is 76.2 cm³/mol. The van der Waals surface area contributed by atoms with Crippen LogP contribution >= 0.6 is 11.6 Å². The van der Waals surface area contributed by atoms with Crippen LogP contribution in [0.3, 0.4) is 0 Å². The Labute approximate surface area is 114 Å². The van der Waals surface area contributed by atoms with Crippen LogP contribution in [0.15, 0.2) is 6.07 Å². The number of nitrogens with zero attached hydrogens (tertiary/aromatic N) is 2. The topological polar surface area (TPSA) is 37.8 Å². The van der Waals surface area contributed by atoms with Gasteiger partial charge in [-0.25, -0.2) is 9.97 Å². The summed E-state index contributed by atoms with van der Waals surface area (Å²) < 4.78 is 0. The first-order chi connectivity index (χ1) is 8.69. The lowest BCUT2D eigenvalue weighted by atomic mass is 9.89. The molecule has 1 aromatic rings. The maximum absolute atomic E-state index is 6.10. The lowest BCUT2D eigenvalue weighted by Gasteiger charge is -2.21. The number of halogens is 1. The summed E-state index contributed by atoms with van der Waals surface area (Å²) >= 11 is 6.10. The molecule has 100 valence electrons. The third-order valence-corrected chi connectivity index (χ3v) is 3.88. The number of rotatable bonds is 4. The van der Waals surface area contributed by atoms with Gasteiger partial charge in [-0.15, -0.1) is 0 Å². The minimum atomic E-state index is 0.412. The molecule has 0 aromatic carbocycles. The van der Waals surface area contributed by atoms with Gasteiger partial charge in [-0.3, -0.25) is 0 Å². The Morgan fingerprint density at radius 1 is 1.33 bits per heavy atom. The largest absolute Gasteiger partial charge is 0.367 e. The molecule has 1 aliphatic carbocycles.